The molecule has 0 aliphatic carbocycles. The average Bonchev–Trinajstić information content (AvgIpc) is 2.63. The van der Waals surface area contributed by atoms with Gasteiger partial charge >= 0.3 is 0 Å². The number of thiophene rings is 1. The molecule has 0 saturated carbocycles. The van der Waals surface area contributed by atoms with Gasteiger partial charge in [0.1, 0.15) is 0 Å². The van der Waals surface area contributed by atoms with Crippen LogP contribution in [0.5, 0.6) is 0 Å². The Balaban J connectivity index is 0.00000169. The third-order valence-corrected chi connectivity index (χ3v) is 3.29. The van der Waals surface area contributed by atoms with Crippen LogP contribution in [0.25, 0.3) is 0 Å². The van der Waals surface area contributed by atoms with Gasteiger partial charge in [-0.05, 0) is 24.3 Å². The van der Waals surface area contributed by atoms with Crippen molar-refractivity contribution in [3.63, 3.8) is 0 Å². The monoisotopic (exact) mass is 316 g/mol. The number of unbranched alkanes of at least 4 members (excludes halogenated alkanes) is 5. The molecule has 0 unspecified atom stereocenters. The number of hydrogen-bond donors (Lipinski definition) is 0. The molecule has 0 aliphatic rings. The van der Waals surface area contributed by atoms with E-state index in [9.17, 15) is 0 Å². The Labute approximate surface area is 109 Å². The van der Waals surface area contributed by atoms with E-state index in [4.69, 9.17) is 0 Å². The first-order valence-electron chi connectivity index (χ1n) is 5.46. The molecule has 1 aromatic rings. The fraction of sp³-hybridized carbons (Fsp3) is 0.667. The molecule has 0 nitrogen and oxygen atoms in total. The van der Waals surface area contributed by atoms with Gasteiger partial charge in [0.15, 0.2) is 0 Å². The average molecular weight is 315 g/mol. The first-order chi connectivity index (χ1) is 6.43. The minimum absolute atomic E-state index is 0. The van der Waals surface area contributed by atoms with Gasteiger partial charge in [-0.2, -0.15) is 0 Å². The third-order valence-electron chi connectivity index (χ3n) is 2.36. The smallest absolute Gasteiger partial charge is 0.00452 e. The fourth-order valence-electron chi connectivity index (χ4n) is 1.53. The second-order valence-corrected chi connectivity index (χ2v) is 4.63. The van der Waals surface area contributed by atoms with E-state index in [0.29, 0.717) is 0 Å². The maximum atomic E-state index is 2.27. The largest absolute Gasteiger partial charge is 0.149 e. The number of rotatable bonds is 7. The number of aryl methyl sites for hydroxylation is 1. The molecule has 1 aromatic heterocycles. The van der Waals surface area contributed by atoms with Crippen LogP contribution in [-0.4, -0.2) is 23.9 Å². The summed E-state index contributed by atoms with van der Waals surface area (Å²) in [5.41, 5.74) is 0. The molecular formula is C12H20SSn. The zero-order valence-electron chi connectivity index (χ0n) is 9.09. The summed E-state index contributed by atoms with van der Waals surface area (Å²) in [7, 11) is 0. The maximum absolute atomic E-state index is 2.27. The molecule has 1 heterocycles. The summed E-state index contributed by atoms with van der Waals surface area (Å²) in [6.07, 6.45) is 9.72. The van der Waals surface area contributed by atoms with Crippen LogP contribution in [0.1, 0.15) is 50.3 Å². The van der Waals surface area contributed by atoms with Gasteiger partial charge in [-0.1, -0.05) is 45.1 Å². The molecule has 0 aliphatic heterocycles. The van der Waals surface area contributed by atoms with E-state index in [1.807, 2.05) is 11.3 Å². The predicted octanol–water partition coefficient (Wildman–Crippen LogP) is 4.27. The summed E-state index contributed by atoms with van der Waals surface area (Å²) in [5, 5.41) is 2.17. The molecule has 0 bridgehead atoms. The molecule has 14 heavy (non-hydrogen) atoms. The van der Waals surface area contributed by atoms with Crippen molar-refractivity contribution in [2.45, 2.75) is 51.9 Å². The molecule has 0 spiro atoms. The standard InChI is InChI=1S/C12H20S.Sn/c1-2-3-4-5-6-7-9-12-10-8-11-13-12;/h8,10-11H,2-7,9H2,1H3;. The third kappa shape index (κ3) is 6.88. The molecule has 0 fully saturated rings. The Hall–Kier alpha value is 0.499. The molecule has 78 valence electrons. The van der Waals surface area contributed by atoms with Crippen molar-refractivity contribution in [2.75, 3.05) is 0 Å². The van der Waals surface area contributed by atoms with Crippen molar-refractivity contribution < 1.29 is 0 Å². The number of hydrogen-bond acceptors (Lipinski definition) is 1. The van der Waals surface area contributed by atoms with Crippen LogP contribution >= 0.6 is 11.3 Å². The Kier molecular flexibility index (Phi) is 10.4. The molecule has 0 aromatic carbocycles. The van der Waals surface area contributed by atoms with E-state index < -0.39 is 0 Å². The summed E-state index contributed by atoms with van der Waals surface area (Å²) in [6.45, 7) is 2.27. The first kappa shape index (κ1) is 14.5. The minimum atomic E-state index is 0. The summed E-state index contributed by atoms with van der Waals surface area (Å²) < 4.78 is 0. The van der Waals surface area contributed by atoms with Crippen LogP contribution in [-0.2, 0) is 6.42 Å². The molecule has 1 rings (SSSR count). The van der Waals surface area contributed by atoms with Crippen molar-refractivity contribution in [1.82, 2.24) is 0 Å². The first-order valence-corrected chi connectivity index (χ1v) is 6.34. The maximum Gasteiger partial charge on any atom is 0.00452 e. The summed E-state index contributed by atoms with van der Waals surface area (Å²) in [5.74, 6) is 0. The normalized spacial score (nSPS) is 9.79. The Bertz CT molecular complexity index is 194. The molecule has 0 amide bonds. The van der Waals surface area contributed by atoms with Gasteiger partial charge in [0.2, 0.25) is 0 Å². The Morgan fingerprint density at radius 1 is 1.07 bits per heavy atom. The topological polar surface area (TPSA) is 0 Å². The van der Waals surface area contributed by atoms with E-state index in [0.717, 1.165) is 0 Å². The second kappa shape index (κ2) is 10.0. The van der Waals surface area contributed by atoms with Gasteiger partial charge in [0, 0.05) is 28.8 Å². The molecule has 0 atom stereocenters. The van der Waals surface area contributed by atoms with Crippen molar-refractivity contribution in [1.29, 1.82) is 0 Å². The van der Waals surface area contributed by atoms with E-state index in [2.05, 4.69) is 24.4 Å². The van der Waals surface area contributed by atoms with Gasteiger partial charge < -0.3 is 0 Å². The zero-order chi connectivity index (χ0) is 9.36. The predicted molar refractivity (Wildman–Crippen MR) is 67.2 cm³/mol. The van der Waals surface area contributed by atoms with Crippen LogP contribution in [0.15, 0.2) is 17.5 Å². The van der Waals surface area contributed by atoms with Crippen molar-refractivity contribution in [3.8, 4) is 0 Å². The van der Waals surface area contributed by atoms with Crippen LogP contribution in [0.3, 0.4) is 0 Å². The molecule has 0 N–H and O–H groups in total. The van der Waals surface area contributed by atoms with E-state index >= 15 is 0 Å². The SMILES string of the molecule is CCCCCCCCc1cccs1.[Sn]. The van der Waals surface area contributed by atoms with Crippen molar-refractivity contribution >= 4 is 35.2 Å². The van der Waals surface area contributed by atoms with Gasteiger partial charge in [-0.25, -0.2) is 0 Å². The Morgan fingerprint density at radius 2 is 1.79 bits per heavy atom. The van der Waals surface area contributed by atoms with Crippen LogP contribution in [0, 0.1) is 0 Å². The minimum Gasteiger partial charge on any atom is -0.149 e. The van der Waals surface area contributed by atoms with Crippen LogP contribution in [0.2, 0.25) is 0 Å². The van der Waals surface area contributed by atoms with Gasteiger partial charge in [0.05, 0.1) is 0 Å². The van der Waals surface area contributed by atoms with E-state index in [1.165, 1.54) is 44.9 Å². The molecule has 2 heteroatoms. The van der Waals surface area contributed by atoms with Crippen LogP contribution in [0.4, 0.5) is 0 Å². The fourth-order valence-corrected chi connectivity index (χ4v) is 2.29. The molecule has 4 radical (unpaired) electrons. The second-order valence-electron chi connectivity index (χ2n) is 3.60. The van der Waals surface area contributed by atoms with E-state index in [1.54, 1.807) is 4.88 Å². The molecular weight excluding hydrogens is 295 g/mol. The van der Waals surface area contributed by atoms with Crippen molar-refractivity contribution in [3.05, 3.63) is 22.4 Å². The van der Waals surface area contributed by atoms with E-state index in [-0.39, 0.29) is 23.9 Å². The van der Waals surface area contributed by atoms with Gasteiger partial charge in [-0.3, -0.25) is 0 Å². The van der Waals surface area contributed by atoms with Crippen LogP contribution < -0.4 is 0 Å². The quantitative estimate of drug-likeness (QED) is 0.521. The van der Waals surface area contributed by atoms with Crippen molar-refractivity contribution in [2.24, 2.45) is 0 Å². The summed E-state index contributed by atoms with van der Waals surface area (Å²) >= 11 is 1.89. The summed E-state index contributed by atoms with van der Waals surface area (Å²) in [6, 6.07) is 4.40. The van der Waals surface area contributed by atoms with Gasteiger partial charge in [0.25, 0.3) is 0 Å². The summed E-state index contributed by atoms with van der Waals surface area (Å²) in [4.78, 5) is 1.55. The Morgan fingerprint density at radius 3 is 2.43 bits per heavy atom. The molecule has 0 saturated heterocycles. The van der Waals surface area contributed by atoms with Gasteiger partial charge in [-0.15, -0.1) is 11.3 Å². The zero-order valence-corrected chi connectivity index (χ0v) is 12.8.